The van der Waals surface area contributed by atoms with Gasteiger partial charge in [-0.1, -0.05) is 13.8 Å². The summed E-state index contributed by atoms with van der Waals surface area (Å²) in [4.78, 5) is 10.5. The van der Waals surface area contributed by atoms with Crippen molar-refractivity contribution in [2.24, 2.45) is 13.0 Å². The number of aryl methyl sites for hydroxylation is 2. The van der Waals surface area contributed by atoms with Crippen molar-refractivity contribution in [1.29, 1.82) is 0 Å². The van der Waals surface area contributed by atoms with E-state index in [9.17, 15) is 4.79 Å². The second-order valence-electron chi connectivity index (χ2n) is 3.84. The Labute approximate surface area is 99.0 Å². The Hall–Kier alpha value is -0.640. The van der Waals surface area contributed by atoms with Crippen LogP contribution in [0.4, 0.5) is 0 Å². The standard InChI is InChI=1S/C11H17BrN2O/c1-4-9-11(12)10(14(3)13-9)6-5-8(2)7-15/h7-8H,4-6H2,1-3H3. The largest absolute Gasteiger partial charge is 0.303 e. The molecule has 0 fully saturated rings. The average molecular weight is 273 g/mol. The van der Waals surface area contributed by atoms with E-state index in [1.54, 1.807) is 0 Å². The normalized spacial score (nSPS) is 12.8. The van der Waals surface area contributed by atoms with Gasteiger partial charge in [0.2, 0.25) is 0 Å². The highest BCUT2D eigenvalue weighted by atomic mass is 79.9. The Balaban J connectivity index is 2.76. The lowest BCUT2D eigenvalue weighted by Gasteiger charge is -2.04. The zero-order valence-electron chi connectivity index (χ0n) is 9.46. The molecule has 1 heterocycles. The maximum atomic E-state index is 10.5. The molecular weight excluding hydrogens is 256 g/mol. The molecule has 0 radical (unpaired) electrons. The lowest BCUT2D eigenvalue weighted by molar-refractivity contribution is -0.110. The molecule has 0 spiro atoms. The molecule has 4 heteroatoms. The number of rotatable bonds is 5. The van der Waals surface area contributed by atoms with E-state index in [0.717, 1.165) is 35.7 Å². The number of nitrogens with zero attached hydrogens (tertiary/aromatic N) is 2. The molecule has 0 aliphatic carbocycles. The molecule has 0 bridgehead atoms. The van der Waals surface area contributed by atoms with Gasteiger partial charge in [0.05, 0.1) is 15.9 Å². The number of hydrogen-bond donors (Lipinski definition) is 0. The van der Waals surface area contributed by atoms with E-state index in [2.05, 4.69) is 28.0 Å². The van der Waals surface area contributed by atoms with Crippen molar-refractivity contribution in [3.05, 3.63) is 15.9 Å². The SMILES string of the molecule is CCc1nn(C)c(CCC(C)C=O)c1Br. The fraction of sp³-hybridized carbons (Fsp3) is 0.636. The molecule has 0 saturated carbocycles. The van der Waals surface area contributed by atoms with Gasteiger partial charge in [0.1, 0.15) is 6.29 Å². The van der Waals surface area contributed by atoms with Gasteiger partial charge in [-0.25, -0.2) is 0 Å². The summed E-state index contributed by atoms with van der Waals surface area (Å²) in [7, 11) is 1.95. The first kappa shape index (κ1) is 12.4. The molecule has 3 nitrogen and oxygen atoms in total. The van der Waals surface area contributed by atoms with E-state index >= 15 is 0 Å². The number of carbonyl (C=O) groups excluding carboxylic acids is 1. The molecule has 0 aliphatic heterocycles. The lowest BCUT2D eigenvalue weighted by atomic mass is 10.1. The molecule has 84 valence electrons. The molecule has 15 heavy (non-hydrogen) atoms. The maximum Gasteiger partial charge on any atom is 0.122 e. The van der Waals surface area contributed by atoms with Crippen LogP contribution in [0, 0.1) is 5.92 Å². The van der Waals surface area contributed by atoms with Crippen molar-refractivity contribution in [1.82, 2.24) is 9.78 Å². The molecule has 1 aromatic rings. The van der Waals surface area contributed by atoms with Crippen molar-refractivity contribution < 1.29 is 4.79 Å². The average Bonchev–Trinajstić information content (AvgIpc) is 2.51. The van der Waals surface area contributed by atoms with Crippen LogP contribution >= 0.6 is 15.9 Å². The Kier molecular flexibility index (Phi) is 4.51. The quantitative estimate of drug-likeness (QED) is 0.773. The molecule has 1 atom stereocenters. The fourth-order valence-electron chi connectivity index (χ4n) is 1.52. The van der Waals surface area contributed by atoms with Crippen LogP contribution in [-0.4, -0.2) is 16.1 Å². The number of halogens is 1. The molecule has 0 saturated heterocycles. The summed E-state index contributed by atoms with van der Waals surface area (Å²) in [6, 6.07) is 0. The number of aldehydes is 1. The Bertz CT molecular complexity index is 347. The van der Waals surface area contributed by atoms with Gasteiger partial charge in [-0.05, 0) is 35.2 Å². The minimum Gasteiger partial charge on any atom is -0.303 e. The van der Waals surface area contributed by atoms with Gasteiger partial charge < -0.3 is 4.79 Å². The number of aromatic nitrogens is 2. The lowest BCUT2D eigenvalue weighted by Crippen LogP contribution is -2.03. The van der Waals surface area contributed by atoms with E-state index in [-0.39, 0.29) is 5.92 Å². The topological polar surface area (TPSA) is 34.9 Å². The van der Waals surface area contributed by atoms with Crippen LogP contribution in [0.25, 0.3) is 0 Å². The van der Waals surface area contributed by atoms with Gasteiger partial charge in [-0.3, -0.25) is 4.68 Å². The highest BCUT2D eigenvalue weighted by molar-refractivity contribution is 9.10. The van der Waals surface area contributed by atoms with E-state index in [1.165, 1.54) is 5.69 Å². The number of carbonyl (C=O) groups is 1. The number of hydrogen-bond acceptors (Lipinski definition) is 2. The molecule has 0 amide bonds. The summed E-state index contributed by atoms with van der Waals surface area (Å²) in [6.07, 6.45) is 3.71. The van der Waals surface area contributed by atoms with Crippen molar-refractivity contribution in [2.75, 3.05) is 0 Å². The van der Waals surface area contributed by atoms with Crippen molar-refractivity contribution in [3.8, 4) is 0 Å². The van der Waals surface area contributed by atoms with E-state index in [1.807, 2.05) is 18.7 Å². The van der Waals surface area contributed by atoms with Crippen LogP contribution in [0.5, 0.6) is 0 Å². The second-order valence-corrected chi connectivity index (χ2v) is 4.63. The first-order valence-corrected chi connectivity index (χ1v) is 6.05. The Morgan fingerprint density at radius 1 is 1.60 bits per heavy atom. The smallest absolute Gasteiger partial charge is 0.122 e. The van der Waals surface area contributed by atoms with Gasteiger partial charge in [0.15, 0.2) is 0 Å². The molecule has 1 aromatic heterocycles. The first-order valence-electron chi connectivity index (χ1n) is 5.25. The van der Waals surface area contributed by atoms with Crippen molar-refractivity contribution in [3.63, 3.8) is 0 Å². The highest BCUT2D eigenvalue weighted by Gasteiger charge is 2.13. The fourth-order valence-corrected chi connectivity index (χ4v) is 2.34. The van der Waals surface area contributed by atoms with Gasteiger partial charge >= 0.3 is 0 Å². The van der Waals surface area contributed by atoms with Gasteiger partial charge in [0, 0.05) is 13.0 Å². The van der Waals surface area contributed by atoms with Gasteiger partial charge in [-0.15, -0.1) is 0 Å². The summed E-state index contributed by atoms with van der Waals surface area (Å²) in [5, 5.41) is 4.41. The molecule has 1 rings (SSSR count). The molecule has 0 aliphatic rings. The molecule has 0 N–H and O–H groups in total. The molecular formula is C11H17BrN2O. The van der Waals surface area contributed by atoms with Crippen LogP contribution in [0.3, 0.4) is 0 Å². The van der Waals surface area contributed by atoms with Gasteiger partial charge in [0.25, 0.3) is 0 Å². The third kappa shape index (κ3) is 2.91. The molecule has 1 unspecified atom stereocenters. The van der Waals surface area contributed by atoms with Crippen LogP contribution in [0.1, 0.15) is 31.7 Å². The first-order chi connectivity index (χ1) is 7.10. The minimum absolute atomic E-state index is 0.122. The van der Waals surface area contributed by atoms with Crippen LogP contribution < -0.4 is 0 Å². The van der Waals surface area contributed by atoms with Crippen LogP contribution in [-0.2, 0) is 24.7 Å². The van der Waals surface area contributed by atoms with Crippen LogP contribution in [0.15, 0.2) is 4.47 Å². The van der Waals surface area contributed by atoms with E-state index in [4.69, 9.17) is 0 Å². The van der Waals surface area contributed by atoms with Gasteiger partial charge in [-0.2, -0.15) is 5.10 Å². The second kappa shape index (κ2) is 5.45. The summed E-state index contributed by atoms with van der Waals surface area (Å²) in [6.45, 7) is 4.03. The van der Waals surface area contributed by atoms with E-state index in [0.29, 0.717) is 0 Å². The predicted octanol–water partition coefficient (Wildman–Crippen LogP) is 2.51. The monoisotopic (exact) mass is 272 g/mol. The third-order valence-corrected chi connectivity index (χ3v) is 3.49. The summed E-state index contributed by atoms with van der Waals surface area (Å²) in [5.41, 5.74) is 2.27. The highest BCUT2D eigenvalue weighted by Crippen LogP contribution is 2.23. The van der Waals surface area contributed by atoms with Crippen molar-refractivity contribution >= 4 is 22.2 Å². The minimum atomic E-state index is 0.122. The summed E-state index contributed by atoms with van der Waals surface area (Å²) < 4.78 is 3.01. The third-order valence-electron chi connectivity index (χ3n) is 2.57. The zero-order chi connectivity index (χ0) is 11.4. The summed E-state index contributed by atoms with van der Waals surface area (Å²) in [5.74, 6) is 0.122. The van der Waals surface area contributed by atoms with E-state index < -0.39 is 0 Å². The Morgan fingerprint density at radius 2 is 2.27 bits per heavy atom. The molecule has 0 aromatic carbocycles. The van der Waals surface area contributed by atoms with Crippen LogP contribution in [0.2, 0.25) is 0 Å². The maximum absolute atomic E-state index is 10.5. The Morgan fingerprint density at radius 3 is 2.73 bits per heavy atom. The van der Waals surface area contributed by atoms with Crippen molar-refractivity contribution in [2.45, 2.75) is 33.1 Å². The predicted molar refractivity (Wildman–Crippen MR) is 63.8 cm³/mol. The summed E-state index contributed by atoms with van der Waals surface area (Å²) >= 11 is 3.56. The zero-order valence-corrected chi connectivity index (χ0v) is 11.0.